The van der Waals surface area contributed by atoms with E-state index in [4.69, 9.17) is 11.2 Å². The van der Waals surface area contributed by atoms with Crippen molar-refractivity contribution in [2.45, 2.75) is 31.8 Å². The smallest absolute Gasteiger partial charge is 0.119 e. The Bertz CT molecular complexity index is 325. The fourth-order valence-electron chi connectivity index (χ4n) is 1.83. The summed E-state index contributed by atoms with van der Waals surface area (Å²) in [5, 5.41) is 0. The third kappa shape index (κ3) is 2.09. The van der Waals surface area contributed by atoms with Crippen LogP contribution in [0, 0.1) is 12.3 Å². The predicted octanol–water partition coefficient (Wildman–Crippen LogP) is 2.99. The summed E-state index contributed by atoms with van der Waals surface area (Å²) in [5.74, 6) is 3.53. The average Bonchev–Trinajstić information content (AvgIpc) is 2.72. The van der Waals surface area contributed by atoms with E-state index in [1.165, 1.54) is 25.7 Å². The summed E-state index contributed by atoms with van der Waals surface area (Å²) in [6.45, 7) is 0. The maximum absolute atomic E-state index is 5.81. The Balaban J connectivity index is 1.99. The van der Waals surface area contributed by atoms with E-state index in [1.807, 2.05) is 24.3 Å². The van der Waals surface area contributed by atoms with Crippen LogP contribution in [0.3, 0.4) is 0 Å². The van der Waals surface area contributed by atoms with Gasteiger partial charge in [-0.2, -0.15) is 0 Å². The molecule has 1 fully saturated rings. The number of ether oxygens (including phenoxy) is 1. The first kappa shape index (κ1) is 9.15. The molecular formula is C13H14O. The molecule has 0 N–H and O–H groups in total. The standard InChI is InChI=1S/C13H14O/c1-2-11-7-9-13(10-8-11)14-12-5-3-4-6-12/h1,7-10,12H,3-6H2. The summed E-state index contributed by atoms with van der Waals surface area (Å²) < 4.78 is 5.81. The van der Waals surface area contributed by atoms with Gasteiger partial charge in [0.1, 0.15) is 5.75 Å². The molecule has 0 spiro atoms. The van der Waals surface area contributed by atoms with Crippen molar-refractivity contribution in [3.63, 3.8) is 0 Å². The fourth-order valence-corrected chi connectivity index (χ4v) is 1.83. The van der Waals surface area contributed by atoms with E-state index in [9.17, 15) is 0 Å². The van der Waals surface area contributed by atoms with Crippen LogP contribution in [0.2, 0.25) is 0 Å². The number of rotatable bonds is 2. The molecule has 2 rings (SSSR count). The summed E-state index contributed by atoms with van der Waals surface area (Å²) in [6, 6.07) is 7.75. The first-order chi connectivity index (χ1) is 6.88. The van der Waals surface area contributed by atoms with E-state index < -0.39 is 0 Å². The highest BCUT2D eigenvalue weighted by Gasteiger charge is 2.15. The van der Waals surface area contributed by atoms with Crippen molar-refractivity contribution in [1.29, 1.82) is 0 Å². The lowest BCUT2D eigenvalue weighted by atomic mass is 10.2. The topological polar surface area (TPSA) is 9.23 Å². The zero-order valence-corrected chi connectivity index (χ0v) is 8.20. The van der Waals surface area contributed by atoms with E-state index >= 15 is 0 Å². The van der Waals surface area contributed by atoms with E-state index in [0.717, 1.165) is 11.3 Å². The van der Waals surface area contributed by atoms with Crippen molar-refractivity contribution < 1.29 is 4.74 Å². The highest BCUT2D eigenvalue weighted by molar-refractivity contribution is 5.36. The minimum atomic E-state index is 0.423. The molecule has 0 radical (unpaired) electrons. The third-order valence-corrected chi connectivity index (χ3v) is 2.63. The molecular weight excluding hydrogens is 172 g/mol. The van der Waals surface area contributed by atoms with Gasteiger partial charge in [-0.25, -0.2) is 0 Å². The van der Waals surface area contributed by atoms with Gasteiger partial charge >= 0.3 is 0 Å². The first-order valence-corrected chi connectivity index (χ1v) is 5.12. The van der Waals surface area contributed by atoms with Gasteiger partial charge < -0.3 is 4.74 Å². The molecule has 0 heterocycles. The largest absolute Gasteiger partial charge is 0.490 e. The molecule has 14 heavy (non-hydrogen) atoms. The molecule has 1 aliphatic rings. The average molecular weight is 186 g/mol. The van der Waals surface area contributed by atoms with Gasteiger partial charge in [0.05, 0.1) is 6.10 Å². The van der Waals surface area contributed by atoms with Gasteiger partial charge in [0.2, 0.25) is 0 Å². The summed E-state index contributed by atoms with van der Waals surface area (Å²) in [7, 11) is 0. The molecule has 0 saturated heterocycles. The first-order valence-electron chi connectivity index (χ1n) is 5.12. The number of hydrogen-bond donors (Lipinski definition) is 0. The van der Waals surface area contributed by atoms with Crippen LogP contribution in [0.1, 0.15) is 31.2 Å². The quantitative estimate of drug-likeness (QED) is 0.645. The summed E-state index contributed by atoms with van der Waals surface area (Å²) in [4.78, 5) is 0. The van der Waals surface area contributed by atoms with Crippen LogP contribution in [-0.4, -0.2) is 6.10 Å². The van der Waals surface area contributed by atoms with E-state index in [2.05, 4.69) is 5.92 Å². The SMILES string of the molecule is C#Cc1ccc(OC2CCCC2)cc1. The van der Waals surface area contributed by atoms with Gasteiger partial charge in [0, 0.05) is 5.56 Å². The van der Waals surface area contributed by atoms with Crippen molar-refractivity contribution in [3.8, 4) is 18.1 Å². The van der Waals surface area contributed by atoms with Gasteiger partial charge in [0.25, 0.3) is 0 Å². The highest BCUT2D eigenvalue weighted by atomic mass is 16.5. The Hall–Kier alpha value is -1.42. The Kier molecular flexibility index (Phi) is 2.74. The van der Waals surface area contributed by atoms with Crippen LogP contribution in [-0.2, 0) is 0 Å². The molecule has 1 heteroatoms. The maximum Gasteiger partial charge on any atom is 0.119 e. The molecule has 0 bridgehead atoms. The second-order valence-corrected chi connectivity index (χ2v) is 3.69. The van der Waals surface area contributed by atoms with E-state index in [0.29, 0.717) is 6.10 Å². The molecule has 0 aliphatic heterocycles. The second kappa shape index (κ2) is 4.19. The summed E-state index contributed by atoms with van der Waals surface area (Å²) in [6.07, 6.45) is 10.7. The lowest BCUT2D eigenvalue weighted by Gasteiger charge is -2.12. The van der Waals surface area contributed by atoms with Crippen LogP contribution in [0.5, 0.6) is 5.75 Å². The van der Waals surface area contributed by atoms with Crippen molar-refractivity contribution in [3.05, 3.63) is 29.8 Å². The van der Waals surface area contributed by atoms with Crippen molar-refractivity contribution in [1.82, 2.24) is 0 Å². The highest BCUT2D eigenvalue weighted by Crippen LogP contribution is 2.23. The fraction of sp³-hybridized carbons (Fsp3) is 0.385. The number of benzene rings is 1. The van der Waals surface area contributed by atoms with Gasteiger partial charge in [0.15, 0.2) is 0 Å². The van der Waals surface area contributed by atoms with Crippen molar-refractivity contribution >= 4 is 0 Å². The zero-order valence-electron chi connectivity index (χ0n) is 8.20. The van der Waals surface area contributed by atoms with Crippen LogP contribution < -0.4 is 4.74 Å². The summed E-state index contributed by atoms with van der Waals surface area (Å²) in [5.41, 5.74) is 0.906. The molecule has 1 nitrogen and oxygen atoms in total. The lowest BCUT2D eigenvalue weighted by Crippen LogP contribution is -2.10. The van der Waals surface area contributed by atoms with Gasteiger partial charge in [-0.1, -0.05) is 5.92 Å². The van der Waals surface area contributed by atoms with Crippen molar-refractivity contribution in [2.75, 3.05) is 0 Å². The molecule has 0 amide bonds. The van der Waals surface area contributed by atoms with Gasteiger partial charge in [-0.05, 0) is 49.9 Å². The summed E-state index contributed by atoms with van der Waals surface area (Å²) >= 11 is 0. The Morgan fingerprint density at radius 1 is 1.14 bits per heavy atom. The predicted molar refractivity (Wildman–Crippen MR) is 57.3 cm³/mol. The molecule has 0 unspecified atom stereocenters. The Morgan fingerprint density at radius 3 is 2.36 bits per heavy atom. The lowest BCUT2D eigenvalue weighted by molar-refractivity contribution is 0.210. The number of hydrogen-bond acceptors (Lipinski definition) is 1. The normalized spacial score (nSPS) is 16.5. The molecule has 1 aliphatic carbocycles. The second-order valence-electron chi connectivity index (χ2n) is 3.69. The van der Waals surface area contributed by atoms with Crippen LogP contribution in [0.25, 0.3) is 0 Å². The number of terminal acetylenes is 1. The maximum atomic E-state index is 5.81. The van der Waals surface area contributed by atoms with E-state index in [-0.39, 0.29) is 0 Å². The van der Waals surface area contributed by atoms with E-state index in [1.54, 1.807) is 0 Å². The molecule has 1 saturated carbocycles. The molecule has 0 atom stereocenters. The van der Waals surface area contributed by atoms with Crippen molar-refractivity contribution in [2.24, 2.45) is 0 Å². The van der Waals surface area contributed by atoms with Crippen LogP contribution in [0.15, 0.2) is 24.3 Å². The molecule has 72 valence electrons. The zero-order chi connectivity index (χ0) is 9.80. The van der Waals surface area contributed by atoms with Crippen LogP contribution in [0.4, 0.5) is 0 Å². The Morgan fingerprint density at radius 2 is 1.79 bits per heavy atom. The monoisotopic (exact) mass is 186 g/mol. The molecule has 1 aromatic carbocycles. The minimum Gasteiger partial charge on any atom is -0.490 e. The molecule has 1 aromatic rings. The third-order valence-electron chi connectivity index (χ3n) is 2.63. The van der Waals surface area contributed by atoms with Gasteiger partial charge in [-0.3, -0.25) is 0 Å². The minimum absolute atomic E-state index is 0.423. The Labute approximate surface area is 85.1 Å². The van der Waals surface area contributed by atoms with Crippen LogP contribution >= 0.6 is 0 Å². The van der Waals surface area contributed by atoms with Gasteiger partial charge in [-0.15, -0.1) is 6.42 Å². The molecule has 0 aromatic heterocycles.